The molecule has 0 aromatic heterocycles. The highest BCUT2D eigenvalue weighted by atomic mass is 14.5. The van der Waals surface area contributed by atoms with Crippen molar-refractivity contribution < 1.29 is 0 Å². The van der Waals surface area contributed by atoms with E-state index in [1.807, 2.05) is 40.7 Å². The first-order valence-electron chi connectivity index (χ1n) is 6.32. The molecule has 2 N–H and O–H groups in total. The molecule has 0 bridgehead atoms. The lowest BCUT2D eigenvalue weighted by Gasteiger charge is -1.84. The first-order valence-corrected chi connectivity index (χ1v) is 6.32. The molecule has 0 heterocycles. The summed E-state index contributed by atoms with van der Waals surface area (Å²) in [6.07, 6.45) is 6.19. The van der Waals surface area contributed by atoms with Crippen LogP contribution in [0.4, 0.5) is 0 Å². The van der Waals surface area contributed by atoms with Gasteiger partial charge >= 0.3 is 0 Å². The molecule has 98 valence electrons. The van der Waals surface area contributed by atoms with Gasteiger partial charge in [0.2, 0.25) is 0 Å². The summed E-state index contributed by atoms with van der Waals surface area (Å²) < 4.78 is 0. The van der Waals surface area contributed by atoms with Gasteiger partial charge in [-0.25, -0.2) is 0 Å². The van der Waals surface area contributed by atoms with Crippen molar-refractivity contribution in [3.05, 3.63) is 36.6 Å². The molecule has 1 heteroatoms. The van der Waals surface area contributed by atoms with Crippen molar-refractivity contribution in [2.45, 2.75) is 61.3 Å². The molecule has 0 unspecified atom stereocenters. The van der Waals surface area contributed by atoms with Crippen molar-refractivity contribution in [2.24, 2.45) is 5.73 Å². The summed E-state index contributed by atoms with van der Waals surface area (Å²) in [5.74, 6) is 0. The van der Waals surface area contributed by atoms with Crippen LogP contribution in [0, 0.1) is 0 Å². The maximum absolute atomic E-state index is 5.22. The van der Waals surface area contributed by atoms with Gasteiger partial charge in [-0.05, 0) is 13.0 Å². The molecule has 0 atom stereocenters. The fourth-order valence-electron chi connectivity index (χ4n) is 0.249. The summed E-state index contributed by atoms with van der Waals surface area (Å²) in [5, 5.41) is 0. The lowest BCUT2D eigenvalue weighted by atomic mass is 10.3. The Balaban J connectivity index is -0.0000000761. The van der Waals surface area contributed by atoms with Crippen LogP contribution >= 0.6 is 0 Å². The minimum atomic E-state index is 0.563. The molecule has 0 amide bonds. The van der Waals surface area contributed by atoms with Crippen LogP contribution in [0.25, 0.3) is 0 Å². The van der Waals surface area contributed by atoms with Crippen LogP contribution in [0.15, 0.2) is 36.6 Å². The van der Waals surface area contributed by atoms with Crippen molar-refractivity contribution in [3.8, 4) is 0 Å². The van der Waals surface area contributed by atoms with Gasteiger partial charge in [-0.3, -0.25) is 0 Å². The minimum absolute atomic E-state index is 0.563. The van der Waals surface area contributed by atoms with E-state index in [0.29, 0.717) is 5.70 Å². The van der Waals surface area contributed by atoms with E-state index in [0.717, 1.165) is 5.57 Å². The number of unbranched alkanes of at least 4 members (excludes halogenated alkanes) is 1. The van der Waals surface area contributed by atoms with Gasteiger partial charge in [-0.1, -0.05) is 79.2 Å². The second kappa shape index (κ2) is 29.2. The monoisotopic (exact) mass is 227 g/mol. The highest BCUT2D eigenvalue weighted by Gasteiger charge is 1.73. The van der Waals surface area contributed by atoms with Gasteiger partial charge in [0.15, 0.2) is 0 Å². The maximum Gasteiger partial charge on any atom is 0.0241 e. The van der Waals surface area contributed by atoms with Gasteiger partial charge in [0.1, 0.15) is 0 Å². The summed E-state index contributed by atoms with van der Waals surface area (Å²) in [7, 11) is 0. The number of nitrogens with two attached hydrogens (primary N) is 1. The van der Waals surface area contributed by atoms with Crippen LogP contribution in [-0.4, -0.2) is 0 Å². The Hall–Kier alpha value is -0.980. The van der Waals surface area contributed by atoms with E-state index in [9.17, 15) is 0 Å². The molecule has 0 fully saturated rings. The predicted molar refractivity (Wildman–Crippen MR) is 80.6 cm³/mol. The van der Waals surface area contributed by atoms with E-state index in [2.05, 4.69) is 27.0 Å². The lowest BCUT2D eigenvalue weighted by molar-refractivity contribution is 0.886. The third-order valence-corrected chi connectivity index (χ3v) is 1.08. The number of rotatable bonds is 3. The SMILES string of the molecule is C=C(C)/C=C\C(=C)N.CC.CC.CCCC. The van der Waals surface area contributed by atoms with Gasteiger partial charge in [-0.2, -0.15) is 0 Å². The van der Waals surface area contributed by atoms with Crippen LogP contribution in [0.5, 0.6) is 0 Å². The molecule has 16 heavy (non-hydrogen) atoms. The van der Waals surface area contributed by atoms with E-state index in [-0.39, 0.29) is 0 Å². The molecule has 0 spiro atoms. The molecular weight excluding hydrogens is 194 g/mol. The van der Waals surface area contributed by atoms with Crippen LogP contribution in [0.2, 0.25) is 0 Å². The molecule has 0 saturated carbocycles. The number of hydrogen-bond donors (Lipinski definition) is 1. The molecule has 0 saturated heterocycles. The van der Waals surface area contributed by atoms with Crippen LogP contribution in [-0.2, 0) is 0 Å². The third kappa shape index (κ3) is 74.6. The number of hydrogen-bond acceptors (Lipinski definition) is 1. The molecule has 0 aliphatic rings. The minimum Gasteiger partial charge on any atom is -0.399 e. The normalized spacial score (nSPS) is 7.44. The van der Waals surface area contributed by atoms with Crippen LogP contribution in [0.1, 0.15) is 61.3 Å². The molecule has 0 rings (SSSR count). The zero-order valence-electron chi connectivity index (χ0n) is 12.6. The molecule has 1 nitrogen and oxygen atoms in total. The summed E-state index contributed by atoms with van der Waals surface area (Å²) in [6.45, 7) is 21.4. The van der Waals surface area contributed by atoms with Crippen LogP contribution < -0.4 is 5.73 Å². The fraction of sp³-hybridized carbons (Fsp3) is 0.600. The highest BCUT2D eigenvalue weighted by Crippen LogP contribution is 1.90. The van der Waals surface area contributed by atoms with Gasteiger partial charge in [0, 0.05) is 5.70 Å². The van der Waals surface area contributed by atoms with Crippen molar-refractivity contribution in [1.82, 2.24) is 0 Å². The maximum atomic E-state index is 5.22. The second-order valence-corrected chi connectivity index (χ2v) is 2.75. The lowest BCUT2D eigenvalue weighted by Crippen LogP contribution is -1.87. The first-order chi connectivity index (χ1) is 7.54. The van der Waals surface area contributed by atoms with Crippen molar-refractivity contribution >= 4 is 0 Å². The standard InChI is InChI=1S/C7H11N.C4H10.2C2H6/c1-6(2)4-5-7(3)8;1-3-4-2;2*1-2/h4-5H,1,3,8H2,2H3;3-4H2,1-2H3;2*1-2H3/b5-4-;;;. The molecule has 0 aromatic rings. The number of allylic oxidation sites excluding steroid dienone is 3. The van der Waals surface area contributed by atoms with Gasteiger partial charge in [0.25, 0.3) is 0 Å². The zero-order chi connectivity index (χ0) is 14.0. The first kappa shape index (κ1) is 24.3. The Labute approximate surface area is 104 Å². The van der Waals surface area contributed by atoms with Gasteiger partial charge < -0.3 is 5.73 Å². The Kier molecular flexibility index (Phi) is 44.4. The Morgan fingerprint density at radius 2 is 1.25 bits per heavy atom. The summed E-state index contributed by atoms with van der Waals surface area (Å²) in [4.78, 5) is 0. The van der Waals surface area contributed by atoms with E-state index in [4.69, 9.17) is 5.73 Å². The van der Waals surface area contributed by atoms with E-state index in [1.165, 1.54) is 12.8 Å². The largest absolute Gasteiger partial charge is 0.399 e. The van der Waals surface area contributed by atoms with Crippen molar-refractivity contribution in [1.29, 1.82) is 0 Å². The average Bonchev–Trinajstić information content (AvgIpc) is 2.32. The Morgan fingerprint density at radius 1 is 0.938 bits per heavy atom. The van der Waals surface area contributed by atoms with E-state index < -0.39 is 0 Å². The molecule has 0 radical (unpaired) electrons. The fourth-order valence-corrected chi connectivity index (χ4v) is 0.249. The molecular formula is C15H33N. The molecule has 0 aliphatic carbocycles. The summed E-state index contributed by atoms with van der Waals surface area (Å²) in [6, 6.07) is 0. The highest BCUT2D eigenvalue weighted by molar-refractivity contribution is 5.20. The van der Waals surface area contributed by atoms with Gasteiger partial charge in [0.05, 0.1) is 0 Å². The Bertz CT molecular complexity index is 137. The zero-order valence-corrected chi connectivity index (χ0v) is 12.6. The predicted octanol–water partition coefficient (Wildman–Crippen LogP) is 5.45. The quantitative estimate of drug-likeness (QED) is 0.637. The second-order valence-electron chi connectivity index (χ2n) is 2.75. The van der Waals surface area contributed by atoms with Gasteiger partial charge in [-0.15, -0.1) is 0 Å². The smallest absolute Gasteiger partial charge is 0.0241 e. The van der Waals surface area contributed by atoms with Crippen molar-refractivity contribution in [2.75, 3.05) is 0 Å². The van der Waals surface area contributed by atoms with E-state index >= 15 is 0 Å². The van der Waals surface area contributed by atoms with Crippen LogP contribution in [0.3, 0.4) is 0 Å². The molecule has 0 aliphatic heterocycles. The van der Waals surface area contributed by atoms with Crippen molar-refractivity contribution in [3.63, 3.8) is 0 Å². The third-order valence-electron chi connectivity index (χ3n) is 1.08. The molecule has 0 aromatic carbocycles. The summed E-state index contributed by atoms with van der Waals surface area (Å²) in [5.41, 5.74) is 6.76. The Morgan fingerprint density at radius 3 is 1.31 bits per heavy atom. The summed E-state index contributed by atoms with van der Waals surface area (Å²) >= 11 is 0. The van der Waals surface area contributed by atoms with E-state index in [1.54, 1.807) is 6.08 Å². The topological polar surface area (TPSA) is 26.0 Å². The average molecular weight is 227 g/mol.